The summed E-state index contributed by atoms with van der Waals surface area (Å²) in [6.07, 6.45) is 3.60. The summed E-state index contributed by atoms with van der Waals surface area (Å²) in [4.78, 5) is 17.0. The van der Waals surface area contributed by atoms with Crippen LogP contribution in [0.1, 0.15) is 44.3 Å². The van der Waals surface area contributed by atoms with Gasteiger partial charge in [-0.15, -0.1) is 11.3 Å². The van der Waals surface area contributed by atoms with Gasteiger partial charge in [0.25, 0.3) is 0 Å². The number of hydrogen-bond donors (Lipinski definition) is 0. The number of hydrogen-bond acceptors (Lipinski definition) is 8. The third kappa shape index (κ3) is 3.38. The third-order valence-corrected chi connectivity index (χ3v) is 6.62. The molecule has 3 aromatic rings. The maximum Gasteiger partial charge on any atom is 0.498 e. The first-order valence-corrected chi connectivity index (χ1v) is 10.5. The lowest BCUT2D eigenvalue weighted by molar-refractivity contribution is 0.00578. The highest BCUT2D eigenvalue weighted by molar-refractivity contribution is 7.17. The van der Waals surface area contributed by atoms with Gasteiger partial charge in [-0.05, 0) is 46.8 Å². The summed E-state index contributed by atoms with van der Waals surface area (Å²) in [5.41, 5.74) is 1.63. The Morgan fingerprint density at radius 1 is 1.27 bits per heavy atom. The fourth-order valence-electron chi connectivity index (χ4n) is 3.18. The van der Waals surface area contributed by atoms with Crippen molar-refractivity contribution < 1.29 is 23.6 Å². The molecule has 0 bridgehead atoms. The average molecular weight is 429 g/mol. The number of carbonyl (C=O) groups is 1. The van der Waals surface area contributed by atoms with Gasteiger partial charge in [-0.3, -0.25) is 0 Å². The molecular weight excluding hydrogens is 405 g/mol. The number of thiazole rings is 1. The van der Waals surface area contributed by atoms with E-state index in [1.807, 2.05) is 46.0 Å². The quantitative estimate of drug-likeness (QED) is 0.456. The Bertz CT molecular complexity index is 1090. The minimum atomic E-state index is -0.524. The Balaban J connectivity index is 1.73. The van der Waals surface area contributed by atoms with Gasteiger partial charge >= 0.3 is 13.1 Å². The van der Waals surface area contributed by atoms with Gasteiger partial charge in [0.05, 0.1) is 30.4 Å². The molecule has 10 heteroatoms. The van der Waals surface area contributed by atoms with Gasteiger partial charge in [-0.25, -0.2) is 14.3 Å². The van der Waals surface area contributed by atoms with Gasteiger partial charge in [0.2, 0.25) is 5.88 Å². The van der Waals surface area contributed by atoms with Crippen molar-refractivity contribution in [2.75, 3.05) is 13.7 Å². The molecule has 0 aromatic carbocycles. The molecule has 0 N–H and O–H groups in total. The number of rotatable bonds is 5. The highest BCUT2D eigenvalue weighted by Crippen LogP contribution is 2.37. The number of pyridine rings is 1. The monoisotopic (exact) mass is 429 g/mol. The summed E-state index contributed by atoms with van der Waals surface area (Å²) in [5.74, 6) is -0.186. The lowest BCUT2D eigenvalue weighted by Crippen LogP contribution is -2.41. The molecule has 8 nitrogen and oxygen atoms in total. The SMILES string of the molecule is CCOC(=O)c1sc(-c2ccn3ncc(B4OC(C)(C)C(C)(C)O4)c3c2)nc1OC. The molecule has 0 unspecified atom stereocenters. The molecule has 0 radical (unpaired) electrons. The van der Waals surface area contributed by atoms with Gasteiger partial charge in [0.15, 0.2) is 4.88 Å². The van der Waals surface area contributed by atoms with Gasteiger partial charge in [0, 0.05) is 23.4 Å². The molecule has 3 aromatic heterocycles. The summed E-state index contributed by atoms with van der Waals surface area (Å²) in [7, 11) is 0.960. The molecule has 0 spiro atoms. The maximum atomic E-state index is 12.2. The fourth-order valence-corrected chi connectivity index (χ4v) is 4.10. The van der Waals surface area contributed by atoms with E-state index in [1.165, 1.54) is 18.4 Å². The predicted octanol–water partition coefficient (Wildman–Crippen LogP) is 2.94. The van der Waals surface area contributed by atoms with E-state index < -0.39 is 24.3 Å². The van der Waals surface area contributed by atoms with E-state index in [0.717, 1.165) is 16.5 Å². The van der Waals surface area contributed by atoms with Crippen LogP contribution in [0.5, 0.6) is 5.88 Å². The molecule has 1 aliphatic heterocycles. The second-order valence-corrected chi connectivity index (χ2v) is 9.01. The van der Waals surface area contributed by atoms with Crippen LogP contribution in [0, 0.1) is 0 Å². The molecule has 1 fully saturated rings. The Morgan fingerprint density at radius 2 is 1.97 bits per heavy atom. The number of nitrogens with zero attached hydrogens (tertiary/aromatic N) is 3. The standard InChI is InChI=1S/C20H24BN3O5S/c1-7-27-18(25)15-16(26-6)23-17(30-15)12-8-9-24-14(10-12)13(11-22-24)21-28-19(2,3)20(4,5)29-21/h8-11H,7H2,1-6H3. The summed E-state index contributed by atoms with van der Waals surface area (Å²) < 4.78 is 24.5. The van der Waals surface area contributed by atoms with E-state index in [2.05, 4.69) is 10.1 Å². The molecule has 0 aliphatic carbocycles. The number of methoxy groups -OCH3 is 1. The predicted molar refractivity (Wildman–Crippen MR) is 115 cm³/mol. The van der Waals surface area contributed by atoms with Gasteiger partial charge in [-0.2, -0.15) is 5.10 Å². The van der Waals surface area contributed by atoms with Crippen LogP contribution in [0.2, 0.25) is 0 Å². The van der Waals surface area contributed by atoms with Crippen molar-refractivity contribution >= 4 is 35.4 Å². The Kier molecular flexibility index (Phi) is 5.12. The lowest BCUT2D eigenvalue weighted by Gasteiger charge is -2.32. The van der Waals surface area contributed by atoms with Crippen molar-refractivity contribution in [1.29, 1.82) is 0 Å². The zero-order valence-electron chi connectivity index (χ0n) is 17.9. The lowest BCUT2D eigenvalue weighted by atomic mass is 9.80. The van der Waals surface area contributed by atoms with Crippen molar-refractivity contribution in [3.8, 4) is 16.5 Å². The van der Waals surface area contributed by atoms with Gasteiger partial charge in [0.1, 0.15) is 5.01 Å². The van der Waals surface area contributed by atoms with Crippen LogP contribution >= 0.6 is 11.3 Å². The van der Waals surface area contributed by atoms with Gasteiger partial charge < -0.3 is 18.8 Å². The number of fused-ring (bicyclic) bond motifs is 1. The second kappa shape index (κ2) is 7.37. The van der Waals surface area contributed by atoms with Gasteiger partial charge in [-0.1, -0.05) is 0 Å². The van der Waals surface area contributed by atoms with E-state index in [0.29, 0.717) is 9.88 Å². The molecule has 4 heterocycles. The molecule has 0 saturated carbocycles. The molecule has 0 atom stereocenters. The first-order chi connectivity index (χ1) is 14.2. The Hall–Kier alpha value is -2.43. The van der Waals surface area contributed by atoms with Crippen LogP contribution in [0.3, 0.4) is 0 Å². The summed E-state index contributed by atoms with van der Waals surface area (Å²) in [6, 6.07) is 3.85. The van der Waals surface area contributed by atoms with Crippen LogP contribution in [-0.4, -0.2) is 52.6 Å². The summed E-state index contributed by atoms with van der Waals surface area (Å²) in [6.45, 7) is 10.1. The van der Waals surface area contributed by atoms with Crippen molar-refractivity contribution in [1.82, 2.24) is 14.6 Å². The average Bonchev–Trinajstić information content (AvgIpc) is 3.35. The number of esters is 1. The van der Waals surface area contributed by atoms with E-state index in [4.69, 9.17) is 18.8 Å². The Morgan fingerprint density at radius 3 is 2.60 bits per heavy atom. The maximum absolute atomic E-state index is 12.2. The molecule has 158 valence electrons. The second-order valence-electron chi connectivity index (χ2n) is 8.01. The first-order valence-electron chi connectivity index (χ1n) is 9.72. The van der Waals surface area contributed by atoms with Crippen molar-refractivity contribution in [3.63, 3.8) is 0 Å². The van der Waals surface area contributed by atoms with Crippen LogP contribution in [0.25, 0.3) is 16.1 Å². The molecule has 30 heavy (non-hydrogen) atoms. The smallest absolute Gasteiger partial charge is 0.480 e. The minimum absolute atomic E-state index is 0.257. The van der Waals surface area contributed by atoms with Crippen molar-refractivity contribution in [2.45, 2.75) is 45.8 Å². The molecule has 0 amide bonds. The van der Waals surface area contributed by atoms with Crippen molar-refractivity contribution in [2.24, 2.45) is 0 Å². The van der Waals surface area contributed by atoms with Crippen LogP contribution in [0.4, 0.5) is 0 Å². The normalized spacial score (nSPS) is 17.5. The highest BCUT2D eigenvalue weighted by Gasteiger charge is 2.52. The number of carbonyl (C=O) groups excluding carboxylic acids is 1. The van der Waals surface area contributed by atoms with Crippen LogP contribution < -0.4 is 10.2 Å². The highest BCUT2D eigenvalue weighted by atomic mass is 32.1. The zero-order chi connectivity index (χ0) is 21.7. The zero-order valence-corrected chi connectivity index (χ0v) is 18.7. The molecular formula is C20H24BN3O5S. The van der Waals surface area contributed by atoms with Crippen LogP contribution in [0.15, 0.2) is 24.5 Å². The van der Waals surface area contributed by atoms with E-state index in [9.17, 15) is 4.79 Å². The number of ether oxygens (including phenoxy) is 2. The van der Waals surface area contributed by atoms with E-state index >= 15 is 0 Å². The minimum Gasteiger partial charge on any atom is -0.480 e. The fraction of sp³-hybridized carbons (Fsp3) is 0.450. The first kappa shape index (κ1) is 20.8. The summed E-state index contributed by atoms with van der Waals surface area (Å²) in [5, 5.41) is 5.08. The van der Waals surface area contributed by atoms with E-state index in [-0.39, 0.29) is 12.5 Å². The topological polar surface area (TPSA) is 84.2 Å². The molecule has 1 saturated heterocycles. The number of aromatic nitrogens is 3. The summed E-state index contributed by atoms with van der Waals surface area (Å²) >= 11 is 1.23. The van der Waals surface area contributed by atoms with Crippen molar-refractivity contribution in [3.05, 3.63) is 29.4 Å². The largest absolute Gasteiger partial charge is 0.498 e. The van der Waals surface area contributed by atoms with Crippen LogP contribution in [-0.2, 0) is 14.0 Å². The Labute approximate surface area is 179 Å². The van der Waals surface area contributed by atoms with E-state index in [1.54, 1.807) is 17.6 Å². The molecule has 1 aliphatic rings. The third-order valence-electron chi connectivity index (χ3n) is 5.56. The molecule has 4 rings (SSSR count).